The molecule has 0 aliphatic carbocycles. The number of carbonyl (C=O) groups excluding carboxylic acids is 1. The first-order valence-corrected chi connectivity index (χ1v) is 5.58. The zero-order chi connectivity index (χ0) is 11.6. The third-order valence-electron chi connectivity index (χ3n) is 3.29. The van der Waals surface area contributed by atoms with Crippen molar-refractivity contribution in [2.45, 2.75) is 39.7 Å². The number of hydrazine groups is 1. The van der Waals surface area contributed by atoms with Crippen molar-refractivity contribution in [1.29, 1.82) is 0 Å². The number of nitrogens with zero attached hydrogens (tertiary/aromatic N) is 1. The minimum Gasteiger partial charge on any atom is -0.396 e. The summed E-state index contributed by atoms with van der Waals surface area (Å²) in [6.07, 6.45) is 0.544. The fourth-order valence-electron chi connectivity index (χ4n) is 1.67. The van der Waals surface area contributed by atoms with Crippen molar-refractivity contribution in [2.75, 3.05) is 13.2 Å². The molecule has 2 atom stereocenters. The van der Waals surface area contributed by atoms with Crippen molar-refractivity contribution >= 4 is 5.91 Å². The molecule has 1 amide bonds. The number of hydrogen-bond acceptors (Lipinski definition) is 3. The molecule has 1 fully saturated rings. The molecular formula is C11H22N2O2. The fourth-order valence-corrected chi connectivity index (χ4v) is 1.67. The first kappa shape index (κ1) is 12.5. The summed E-state index contributed by atoms with van der Waals surface area (Å²) in [5.41, 5.74) is 3.12. The first-order valence-electron chi connectivity index (χ1n) is 5.58. The second-order valence-corrected chi connectivity index (χ2v) is 5.15. The lowest BCUT2D eigenvalue weighted by molar-refractivity contribution is -0.130. The van der Waals surface area contributed by atoms with Gasteiger partial charge in [0.15, 0.2) is 0 Å². The van der Waals surface area contributed by atoms with Gasteiger partial charge in [0.1, 0.15) is 0 Å². The van der Waals surface area contributed by atoms with Gasteiger partial charge in [-0.3, -0.25) is 9.80 Å². The molecule has 1 rings (SSSR count). The molecule has 0 bridgehead atoms. The monoisotopic (exact) mass is 214 g/mol. The number of aliphatic hydroxyl groups excluding tert-OH is 1. The molecule has 1 aliphatic rings. The van der Waals surface area contributed by atoms with Crippen LogP contribution in [-0.2, 0) is 4.79 Å². The Balaban J connectivity index is 2.60. The van der Waals surface area contributed by atoms with Crippen LogP contribution in [0.25, 0.3) is 0 Å². The number of carbonyl (C=O) groups is 1. The van der Waals surface area contributed by atoms with Crippen LogP contribution >= 0.6 is 0 Å². The molecule has 0 saturated carbocycles. The van der Waals surface area contributed by atoms with Crippen LogP contribution in [0.2, 0.25) is 0 Å². The average Bonchev–Trinajstić information content (AvgIpc) is 2.43. The van der Waals surface area contributed by atoms with Crippen molar-refractivity contribution in [1.82, 2.24) is 10.4 Å². The highest BCUT2D eigenvalue weighted by molar-refractivity contribution is 5.79. The van der Waals surface area contributed by atoms with Crippen molar-refractivity contribution in [3.8, 4) is 0 Å². The molecule has 1 aliphatic heterocycles. The SMILES string of the molecule is CC(CO)CN1NC(C)(C(C)C)CC1=O. The normalized spacial score (nSPS) is 28.9. The van der Waals surface area contributed by atoms with Crippen LogP contribution in [0, 0.1) is 11.8 Å². The summed E-state index contributed by atoms with van der Waals surface area (Å²) >= 11 is 0. The summed E-state index contributed by atoms with van der Waals surface area (Å²) in [5, 5.41) is 10.6. The Morgan fingerprint density at radius 2 is 2.13 bits per heavy atom. The van der Waals surface area contributed by atoms with E-state index in [0.29, 0.717) is 18.9 Å². The predicted molar refractivity (Wildman–Crippen MR) is 59.0 cm³/mol. The minimum atomic E-state index is -0.133. The molecule has 0 spiro atoms. The van der Waals surface area contributed by atoms with Crippen LogP contribution in [0.1, 0.15) is 34.1 Å². The Labute approximate surface area is 91.6 Å². The molecular weight excluding hydrogens is 192 g/mol. The number of amides is 1. The number of nitrogens with one attached hydrogen (secondary N) is 1. The average molecular weight is 214 g/mol. The minimum absolute atomic E-state index is 0.115. The van der Waals surface area contributed by atoms with Crippen LogP contribution in [0.5, 0.6) is 0 Å². The molecule has 0 radical (unpaired) electrons. The molecule has 2 N–H and O–H groups in total. The van der Waals surface area contributed by atoms with E-state index in [1.54, 1.807) is 5.01 Å². The second-order valence-electron chi connectivity index (χ2n) is 5.15. The zero-order valence-corrected chi connectivity index (χ0v) is 10.1. The third-order valence-corrected chi connectivity index (χ3v) is 3.29. The summed E-state index contributed by atoms with van der Waals surface area (Å²) in [6, 6.07) is 0. The lowest BCUT2D eigenvalue weighted by Crippen LogP contribution is -2.48. The summed E-state index contributed by atoms with van der Waals surface area (Å²) in [4.78, 5) is 11.7. The van der Waals surface area contributed by atoms with E-state index in [1.165, 1.54) is 0 Å². The number of hydrogen-bond donors (Lipinski definition) is 2. The van der Waals surface area contributed by atoms with E-state index in [1.807, 2.05) is 6.92 Å². The highest BCUT2D eigenvalue weighted by atomic mass is 16.3. The van der Waals surface area contributed by atoms with E-state index < -0.39 is 0 Å². The number of aliphatic hydroxyl groups is 1. The van der Waals surface area contributed by atoms with Crippen molar-refractivity contribution < 1.29 is 9.90 Å². The predicted octanol–water partition coefficient (Wildman–Crippen LogP) is 0.766. The molecule has 4 nitrogen and oxygen atoms in total. The maximum atomic E-state index is 11.7. The van der Waals surface area contributed by atoms with Gasteiger partial charge >= 0.3 is 0 Å². The molecule has 0 aromatic heterocycles. The third kappa shape index (κ3) is 2.69. The lowest BCUT2D eigenvalue weighted by Gasteiger charge is -2.30. The van der Waals surface area contributed by atoms with E-state index in [9.17, 15) is 4.79 Å². The second kappa shape index (κ2) is 4.49. The number of rotatable bonds is 4. The maximum Gasteiger partial charge on any atom is 0.238 e. The van der Waals surface area contributed by atoms with Crippen LogP contribution < -0.4 is 5.43 Å². The highest BCUT2D eigenvalue weighted by Gasteiger charge is 2.41. The Morgan fingerprint density at radius 1 is 1.53 bits per heavy atom. The van der Waals surface area contributed by atoms with Gasteiger partial charge in [0.2, 0.25) is 5.91 Å². The van der Waals surface area contributed by atoms with Gasteiger partial charge in [-0.25, -0.2) is 5.43 Å². The van der Waals surface area contributed by atoms with Crippen molar-refractivity contribution in [3.05, 3.63) is 0 Å². The standard InChI is InChI=1S/C11H22N2O2/c1-8(2)11(4)5-10(15)13(12-11)6-9(3)7-14/h8-9,12,14H,5-7H2,1-4H3. The fraction of sp³-hybridized carbons (Fsp3) is 0.909. The van der Waals surface area contributed by atoms with Crippen molar-refractivity contribution in [2.24, 2.45) is 11.8 Å². The smallest absolute Gasteiger partial charge is 0.238 e. The molecule has 1 heterocycles. The molecule has 4 heteroatoms. The van der Waals surface area contributed by atoms with Crippen molar-refractivity contribution in [3.63, 3.8) is 0 Å². The van der Waals surface area contributed by atoms with E-state index in [2.05, 4.69) is 26.2 Å². The van der Waals surface area contributed by atoms with Gasteiger partial charge in [-0.15, -0.1) is 0 Å². The van der Waals surface area contributed by atoms with Crippen LogP contribution in [0.15, 0.2) is 0 Å². The highest BCUT2D eigenvalue weighted by Crippen LogP contribution is 2.27. The van der Waals surface area contributed by atoms with E-state index in [0.717, 1.165) is 0 Å². The van der Waals surface area contributed by atoms with Crippen LogP contribution in [0.4, 0.5) is 0 Å². The van der Waals surface area contributed by atoms with Crippen LogP contribution in [-0.4, -0.2) is 34.7 Å². The van der Waals surface area contributed by atoms with E-state index in [4.69, 9.17) is 5.11 Å². The summed E-state index contributed by atoms with van der Waals surface area (Å²) in [5.74, 6) is 0.665. The molecule has 2 unspecified atom stereocenters. The van der Waals surface area contributed by atoms with Crippen LogP contribution in [0.3, 0.4) is 0 Å². The van der Waals surface area contributed by atoms with Gasteiger partial charge in [-0.2, -0.15) is 0 Å². The Bertz CT molecular complexity index is 243. The van der Waals surface area contributed by atoms with Gasteiger partial charge < -0.3 is 5.11 Å². The van der Waals surface area contributed by atoms with E-state index in [-0.39, 0.29) is 24.0 Å². The molecule has 0 aromatic rings. The maximum absolute atomic E-state index is 11.7. The molecule has 0 aromatic carbocycles. The van der Waals surface area contributed by atoms with Gasteiger partial charge in [0, 0.05) is 25.1 Å². The Kier molecular flexibility index (Phi) is 3.73. The Hall–Kier alpha value is -0.610. The first-order chi connectivity index (χ1) is 6.89. The molecule has 1 saturated heterocycles. The summed E-state index contributed by atoms with van der Waals surface area (Å²) in [6.45, 7) is 8.92. The van der Waals surface area contributed by atoms with Gasteiger partial charge in [0.25, 0.3) is 0 Å². The topological polar surface area (TPSA) is 52.6 Å². The Morgan fingerprint density at radius 3 is 2.53 bits per heavy atom. The quantitative estimate of drug-likeness (QED) is 0.726. The van der Waals surface area contributed by atoms with Gasteiger partial charge in [0.05, 0.1) is 0 Å². The lowest BCUT2D eigenvalue weighted by atomic mass is 9.87. The molecule has 15 heavy (non-hydrogen) atoms. The summed E-state index contributed by atoms with van der Waals surface area (Å²) in [7, 11) is 0. The van der Waals surface area contributed by atoms with E-state index >= 15 is 0 Å². The molecule has 88 valence electrons. The summed E-state index contributed by atoms with van der Waals surface area (Å²) < 4.78 is 0. The van der Waals surface area contributed by atoms with Gasteiger partial charge in [-0.1, -0.05) is 20.8 Å². The zero-order valence-electron chi connectivity index (χ0n) is 10.1. The van der Waals surface area contributed by atoms with Gasteiger partial charge in [-0.05, 0) is 18.8 Å². The largest absolute Gasteiger partial charge is 0.396 e.